The standard InChI is InChI=1S/C18H17ClN4O4S/c1-27-9-8-22-15-5-3-2-4-14(15)21-18(22)28-11-17(24)20-12-6-7-13(19)16(10-12)23(25)26/h2-7,10H,8-9,11H2,1H3,(H,20,24). The van der Waals surface area contributed by atoms with Gasteiger partial charge in [-0.1, -0.05) is 35.5 Å². The molecular weight excluding hydrogens is 404 g/mol. The smallest absolute Gasteiger partial charge is 0.289 e. The highest BCUT2D eigenvalue weighted by atomic mass is 35.5. The Morgan fingerprint density at radius 1 is 1.36 bits per heavy atom. The highest BCUT2D eigenvalue weighted by Crippen LogP contribution is 2.28. The summed E-state index contributed by atoms with van der Waals surface area (Å²) < 4.78 is 7.16. The number of hydrogen-bond donors (Lipinski definition) is 1. The van der Waals surface area contributed by atoms with E-state index in [1.807, 2.05) is 28.8 Å². The van der Waals surface area contributed by atoms with Crippen LogP contribution in [0.15, 0.2) is 47.6 Å². The van der Waals surface area contributed by atoms with E-state index in [0.29, 0.717) is 24.0 Å². The number of fused-ring (bicyclic) bond motifs is 1. The number of benzene rings is 2. The largest absolute Gasteiger partial charge is 0.383 e. The molecule has 1 amide bonds. The highest BCUT2D eigenvalue weighted by molar-refractivity contribution is 7.99. The van der Waals surface area contributed by atoms with E-state index in [0.717, 1.165) is 11.0 Å². The van der Waals surface area contributed by atoms with E-state index in [-0.39, 0.29) is 22.4 Å². The van der Waals surface area contributed by atoms with Crippen molar-refractivity contribution in [3.8, 4) is 0 Å². The molecule has 0 fully saturated rings. The molecule has 10 heteroatoms. The number of hydrogen-bond acceptors (Lipinski definition) is 6. The maximum atomic E-state index is 12.3. The third kappa shape index (κ3) is 4.61. The first kappa shape index (κ1) is 20.1. The number of methoxy groups -OCH3 is 1. The molecular formula is C18H17ClN4O4S. The molecule has 0 radical (unpaired) electrons. The Morgan fingerprint density at radius 3 is 2.89 bits per heavy atom. The van der Waals surface area contributed by atoms with Crippen molar-refractivity contribution in [3.05, 3.63) is 57.6 Å². The van der Waals surface area contributed by atoms with Gasteiger partial charge in [0, 0.05) is 25.4 Å². The quantitative estimate of drug-likeness (QED) is 0.336. The first-order chi connectivity index (χ1) is 13.5. The number of carbonyl (C=O) groups excluding carboxylic acids is 1. The van der Waals surface area contributed by atoms with Gasteiger partial charge in [0.2, 0.25) is 5.91 Å². The topological polar surface area (TPSA) is 99.3 Å². The van der Waals surface area contributed by atoms with Crippen LogP contribution in [0, 0.1) is 10.1 Å². The number of para-hydroxylation sites is 2. The zero-order valence-corrected chi connectivity index (χ0v) is 16.5. The van der Waals surface area contributed by atoms with E-state index in [9.17, 15) is 14.9 Å². The Hall–Kier alpha value is -2.62. The summed E-state index contributed by atoms with van der Waals surface area (Å²) in [6.07, 6.45) is 0. The molecule has 0 atom stereocenters. The average Bonchev–Trinajstić information content (AvgIpc) is 3.03. The minimum absolute atomic E-state index is 0.0178. The summed E-state index contributed by atoms with van der Waals surface area (Å²) in [5.74, 6) is -0.195. The lowest BCUT2D eigenvalue weighted by molar-refractivity contribution is -0.384. The lowest BCUT2D eigenvalue weighted by Crippen LogP contribution is -2.15. The molecule has 0 aliphatic heterocycles. The number of nitrogens with zero attached hydrogens (tertiary/aromatic N) is 3. The van der Waals surface area contributed by atoms with Crippen molar-refractivity contribution in [2.24, 2.45) is 0 Å². The van der Waals surface area contributed by atoms with Crippen LogP contribution >= 0.6 is 23.4 Å². The molecule has 0 saturated carbocycles. The number of nitro benzene ring substituents is 1. The second-order valence-electron chi connectivity index (χ2n) is 5.79. The SMILES string of the molecule is COCCn1c(SCC(=O)Nc2ccc(Cl)c([N+](=O)[O-])c2)nc2ccccc21. The molecule has 0 aliphatic rings. The fraction of sp³-hybridized carbons (Fsp3) is 0.222. The van der Waals surface area contributed by atoms with Gasteiger partial charge in [0.25, 0.3) is 5.69 Å². The van der Waals surface area contributed by atoms with Crippen molar-refractivity contribution in [3.63, 3.8) is 0 Å². The van der Waals surface area contributed by atoms with Crippen LogP contribution in [0.5, 0.6) is 0 Å². The van der Waals surface area contributed by atoms with Crippen LogP contribution in [0.3, 0.4) is 0 Å². The predicted octanol–water partition coefficient (Wildman–Crippen LogP) is 3.98. The van der Waals surface area contributed by atoms with Crippen molar-refractivity contribution in [2.45, 2.75) is 11.7 Å². The zero-order valence-electron chi connectivity index (χ0n) is 14.9. The van der Waals surface area contributed by atoms with Gasteiger partial charge in [-0.3, -0.25) is 14.9 Å². The van der Waals surface area contributed by atoms with Gasteiger partial charge in [0.05, 0.1) is 28.3 Å². The molecule has 0 bridgehead atoms. The molecule has 1 N–H and O–H groups in total. The molecule has 146 valence electrons. The van der Waals surface area contributed by atoms with Crippen molar-refractivity contribution in [1.82, 2.24) is 9.55 Å². The number of halogens is 1. The van der Waals surface area contributed by atoms with E-state index < -0.39 is 4.92 Å². The Kier molecular flexibility index (Phi) is 6.50. The third-order valence-electron chi connectivity index (χ3n) is 3.90. The van der Waals surface area contributed by atoms with Gasteiger partial charge in [0.1, 0.15) is 5.02 Å². The molecule has 28 heavy (non-hydrogen) atoms. The van der Waals surface area contributed by atoms with E-state index >= 15 is 0 Å². The molecule has 1 aromatic heterocycles. The highest BCUT2D eigenvalue weighted by Gasteiger charge is 2.16. The van der Waals surface area contributed by atoms with E-state index in [1.165, 1.54) is 30.0 Å². The van der Waals surface area contributed by atoms with Gasteiger partial charge in [-0.05, 0) is 24.3 Å². The Balaban J connectivity index is 1.71. The van der Waals surface area contributed by atoms with Gasteiger partial charge in [0.15, 0.2) is 5.16 Å². The number of ether oxygens (including phenoxy) is 1. The predicted molar refractivity (Wildman–Crippen MR) is 109 cm³/mol. The van der Waals surface area contributed by atoms with Crippen molar-refractivity contribution >= 4 is 51.7 Å². The average molecular weight is 421 g/mol. The van der Waals surface area contributed by atoms with Crippen molar-refractivity contribution < 1.29 is 14.5 Å². The Morgan fingerprint density at radius 2 is 2.14 bits per heavy atom. The number of amides is 1. The zero-order chi connectivity index (χ0) is 20.1. The maximum absolute atomic E-state index is 12.3. The fourth-order valence-electron chi connectivity index (χ4n) is 2.62. The third-order valence-corrected chi connectivity index (χ3v) is 5.19. The summed E-state index contributed by atoms with van der Waals surface area (Å²) in [6, 6.07) is 11.9. The molecule has 0 aliphatic carbocycles. The summed E-state index contributed by atoms with van der Waals surface area (Å²) in [7, 11) is 1.63. The normalized spacial score (nSPS) is 10.9. The molecule has 0 spiro atoms. The molecule has 0 unspecified atom stereocenters. The van der Waals surface area contributed by atoms with Gasteiger partial charge < -0.3 is 14.6 Å². The second kappa shape index (κ2) is 9.05. The number of nitrogens with one attached hydrogen (secondary N) is 1. The van der Waals surface area contributed by atoms with Gasteiger partial charge in [-0.2, -0.15) is 0 Å². The molecule has 3 rings (SSSR count). The van der Waals surface area contributed by atoms with Crippen molar-refractivity contribution in [1.29, 1.82) is 0 Å². The Labute approximate surface area is 170 Å². The van der Waals surface area contributed by atoms with Crippen LogP contribution in [0.1, 0.15) is 0 Å². The number of anilines is 1. The maximum Gasteiger partial charge on any atom is 0.289 e. The number of carbonyl (C=O) groups is 1. The van der Waals surface area contributed by atoms with E-state index in [2.05, 4.69) is 10.3 Å². The molecule has 0 saturated heterocycles. The number of aromatic nitrogens is 2. The fourth-order valence-corrected chi connectivity index (χ4v) is 3.65. The van der Waals surface area contributed by atoms with E-state index in [4.69, 9.17) is 16.3 Å². The molecule has 8 nitrogen and oxygen atoms in total. The summed E-state index contributed by atoms with van der Waals surface area (Å²) in [5.41, 5.74) is 1.87. The first-order valence-corrected chi connectivity index (χ1v) is 9.66. The first-order valence-electron chi connectivity index (χ1n) is 8.30. The van der Waals surface area contributed by atoms with Crippen LogP contribution in [0.4, 0.5) is 11.4 Å². The van der Waals surface area contributed by atoms with Crippen molar-refractivity contribution in [2.75, 3.05) is 24.8 Å². The molecule has 3 aromatic rings. The summed E-state index contributed by atoms with van der Waals surface area (Å²) >= 11 is 7.08. The molecule has 2 aromatic carbocycles. The Bertz CT molecular complexity index is 1020. The summed E-state index contributed by atoms with van der Waals surface area (Å²) in [6.45, 7) is 1.14. The molecule has 1 heterocycles. The lowest BCUT2D eigenvalue weighted by atomic mass is 10.3. The summed E-state index contributed by atoms with van der Waals surface area (Å²) in [5, 5.41) is 14.3. The van der Waals surface area contributed by atoms with Crippen LogP contribution in [-0.4, -0.2) is 39.9 Å². The second-order valence-corrected chi connectivity index (χ2v) is 7.14. The minimum atomic E-state index is -0.592. The van der Waals surface area contributed by atoms with E-state index in [1.54, 1.807) is 7.11 Å². The number of imidazole rings is 1. The van der Waals surface area contributed by atoms with Crippen LogP contribution in [0.25, 0.3) is 11.0 Å². The number of thioether (sulfide) groups is 1. The lowest BCUT2D eigenvalue weighted by Gasteiger charge is -2.09. The van der Waals surface area contributed by atoms with Crippen LogP contribution in [0.2, 0.25) is 5.02 Å². The van der Waals surface area contributed by atoms with Crippen LogP contribution < -0.4 is 5.32 Å². The number of nitro groups is 1. The minimum Gasteiger partial charge on any atom is -0.383 e. The van der Waals surface area contributed by atoms with Crippen LogP contribution in [-0.2, 0) is 16.1 Å². The van der Waals surface area contributed by atoms with Gasteiger partial charge >= 0.3 is 0 Å². The summed E-state index contributed by atoms with van der Waals surface area (Å²) in [4.78, 5) is 27.2. The monoisotopic (exact) mass is 420 g/mol. The number of rotatable bonds is 8. The van der Waals surface area contributed by atoms with Gasteiger partial charge in [-0.25, -0.2) is 4.98 Å². The van der Waals surface area contributed by atoms with Gasteiger partial charge in [-0.15, -0.1) is 0 Å².